The highest BCUT2D eigenvalue weighted by atomic mass is 35.5. The maximum atomic E-state index is 12.4. The van der Waals surface area contributed by atoms with Crippen LogP contribution in [-0.4, -0.2) is 23.3 Å². The van der Waals surface area contributed by atoms with E-state index in [1.54, 1.807) is 36.6 Å². The van der Waals surface area contributed by atoms with E-state index in [0.29, 0.717) is 17.2 Å². The minimum absolute atomic E-state index is 0.170. The Labute approximate surface area is 190 Å². The Morgan fingerprint density at radius 2 is 1.97 bits per heavy atom. The van der Waals surface area contributed by atoms with Crippen molar-refractivity contribution in [2.75, 3.05) is 6.61 Å². The summed E-state index contributed by atoms with van der Waals surface area (Å²) in [6, 6.07) is 16.7. The average Bonchev–Trinajstić information content (AvgIpc) is 3.32. The Kier molecular flexibility index (Phi) is 6.14. The van der Waals surface area contributed by atoms with Crippen molar-refractivity contribution >= 4 is 34.7 Å². The van der Waals surface area contributed by atoms with E-state index in [4.69, 9.17) is 20.8 Å². The lowest BCUT2D eigenvalue weighted by Gasteiger charge is -2.11. The number of fused-ring (bicyclic) bond motifs is 1. The van der Waals surface area contributed by atoms with Crippen LogP contribution in [0.15, 0.2) is 76.8 Å². The molecule has 32 heavy (non-hydrogen) atoms. The summed E-state index contributed by atoms with van der Waals surface area (Å²) in [7, 11) is 0. The summed E-state index contributed by atoms with van der Waals surface area (Å²) in [5.74, 6) is 0.523. The predicted octanol–water partition coefficient (Wildman–Crippen LogP) is 5.82. The maximum Gasteiger partial charge on any atom is 0.307 e. The van der Waals surface area contributed by atoms with E-state index >= 15 is 0 Å². The molecule has 4 rings (SSSR count). The lowest BCUT2D eigenvalue weighted by Crippen LogP contribution is -2.16. The Morgan fingerprint density at radius 3 is 2.72 bits per heavy atom. The van der Waals surface area contributed by atoms with Gasteiger partial charge in [0.15, 0.2) is 5.76 Å². The number of rotatable bonds is 7. The van der Waals surface area contributed by atoms with Gasteiger partial charge in [0.05, 0.1) is 6.21 Å². The first-order valence-corrected chi connectivity index (χ1v) is 10.4. The molecule has 4 aromatic rings. The largest absolute Gasteiger partial charge is 0.490 e. The number of hydrazone groups is 1. The van der Waals surface area contributed by atoms with Gasteiger partial charge in [-0.15, -0.1) is 0 Å². The summed E-state index contributed by atoms with van der Waals surface area (Å²) in [6.45, 7) is 8.14. The zero-order chi connectivity index (χ0) is 22.7. The van der Waals surface area contributed by atoms with Crippen LogP contribution < -0.4 is 10.2 Å². The molecule has 2 aromatic carbocycles. The number of ether oxygens (including phenoxy) is 1. The van der Waals surface area contributed by atoms with Gasteiger partial charge < -0.3 is 13.7 Å². The summed E-state index contributed by atoms with van der Waals surface area (Å²) < 4.78 is 13.2. The molecule has 1 N–H and O–H groups in total. The Balaban J connectivity index is 1.48. The number of aromatic nitrogens is 1. The van der Waals surface area contributed by atoms with Gasteiger partial charge in [-0.1, -0.05) is 24.3 Å². The lowest BCUT2D eigenvalue weighted by atomic mass is 10.2. The van der Waals surface area contributed by atoms with Crippen molar-refractivity contribution in [1.29, 1.82) is 0 Å². The fourth-order valence-electron chi connectivity index (χ4n) is 3.50. The predicted molar refractivity (Wildman–Crippen MR) is 127 cm³/mol. The number of hydrogen-bond acceptors (Lipinski definition) is 4. The number of furan rings is 1. The van der Waals surface area contributed by atoms with Crippen molar-refractivity contribution in [2.45, 2.75) is 13.8 Å². The van der Waals surface area contributed by atoms with Gasteiger partial charge in [-0.3, -0.25) is 4.79 Å². The van der Waals surface area contributed by atoms with E-state index in [1.807, 2.05) is 44.2 Å². The molecule has 0 saturated carbocycles. The van der Waals surface area contributed by atoms with Crippen molar-refractivity contribution in [1.82, 2.24) is 9.99 Å². The van der Waals surface area contributed by atoms with Crippen LogP contribution in [-0.2, 0) is 0 Å². The van der Waals surface area contributed by atoms with E-state index in [2.05, 4.69) is 21.7 Å². The van der Waals surface area contributed by atoms with Crippen molar-refractivity contribution < 1.29 is 13.9 Å². The average molecular weight is 448 g/mol. The molecule has 0 unspecified atom stereocenters. The van der Waals surface area contributed by atoms with Crippen molar-refractivity contribution in [3.05, 3.63) is 95.0 Å². The second-order valence-electron chi connectivity index (χ2n) is 7.25. The fraction of sp³-hybridized carbons (Fsp3) is 0.120. The topological polar surface area (TPSA) is 68.8 Å². The molecular weight excluding hydrogens is 426 g/mol. The molecule has 7 heteroatoms. The summed E-state index contributed by atoms with van der Waals surface area (Å²) in [5.41, 5.74) is 7.06. The quantitative estimate of drug-likeness (QED) is 0.220. The van der Waals surface area contributed by atoms with E-state index < -0.39 is 5.91 Å². The van der Waals surface area contributed by atoms with Gasteiger partial charge in [-0.2, -0.15) is 5.10 Å². The molecule has 0 spiro atoms. The highest BCUT2D eigenvalue weighted by Gasteiger charge is 2.13. The number of amides is 1. The van der Waals surface area contributed by atoms with E-state index in [-0.39, 0.29) is 5.76 Å². The molecule has 0 aliphatic rings. The van der Waals surface area contributed by atoms with Crippen LogP contribution in [0.2, 0.25) is 5.02 Å². The zero-order valence-electron chi connectivity index (χ0n) is 17.8. The highest BCUT2D eigenvalue weighted by Crippen LogP contribution is 2.24. The molecule has 0 radical (unpaired) electrons. The lowest BCUT2D eigenvalue weighted by molar-refractivity contribution is 0.0929. The number of halogens is 1. The maximum absolute atomic E-state index is 12.4. The fourth-order valence-corrected chi connectivity index (χ4v) is 3.68. The summed E-state index contributed by atoms with van der Waals surface area (Å²) in [5, 5.41) is 5.45. The monoisotopic (exact) mass is 447 g/mol. The van der Waals surface area contributed by atoms with Crippen molar-refractivity contribution in [2.24, 2.45) is 5.10 Å². The Morgan fingerprint density at radius 1 is 1.19 bits per heavy atom. The number of nitrogens with zero attached hydrogens (tertiary/aromatic N) is 2. The second kappa shape index (κ2) is 9.16. The number of carbonyl (C=O) groups excluding carboxylic acids is 1. The number of carbonyl (C=O) groups is 1. The first-order valence-electron chi connectivity index (χ1n) is 10.0. The molecule has 0 aliphatic heterocycles. The molecule has 0 atom stereocenters. The minimum Gasteiger partial charge on any atom is -0.490 e. The first-order chi connectivity index (χ1) is 15.5. The normalized spacial score (nSPS) is 11.2. The van der Waals surface area contributed by atoms with Gasteiger partial charge in [-0.25, -0.2) is 5.43 Å². The highest BCUT2D eigenvalue weighted by molar-refractivity contribution is 6.31. The standard InChI is InChI=1S/C25H22ClN3O3/c1-4-11-31-22-8-6-21(7-9-22)29-16(2)12-19(17(29)3)15-27-28-25(30)24-14-18-13-20(26)5-10-23(18)32-24/h4-10,12-15H,1,11H2,2-3H3,(H,28,30)/b27-15+. The van der Waals surface area contributed by atoms with Crippen molar-refractivity contribution in [3.63, 3.8) is 0 Å². The van der Waals surface area contributed by atoms with Crippen molar-refractivity contribution in [3.8, 4) is 11.4 Å². The smallest absolute Gasteiger partial charge is 0.307 e. The van der Waals surface area contributed by atoms with E-state index in [1.165, 1.54) is 0 Å². The zero-order valence-corrected chi connectivity index (χ0v) is 18.5. The molecule has 0 bridgehead atoms. The van der Waals surface area contributed by atoms with Gasteiger partial charge in [0.1, 0.15) is 17.9 Å². The number of benzene rings is 2. The van der Waals surface area contributed by atoms with Gasteiger partial charge in [-0.05, 0) is 68.4 Å². The number of nitrogens with one attached hydrogen (secondary N) is 1. The third-order valence-corrected chi connectivity index (χ3v) is 5.24. The number of aryl methyl sites for hydroxylation is 1. The van der Waals surface area contributed by atoms with Crippen LogP contribution in [0, 0.1) is 13.8 Å². The van der Waals surface area contributed by atoms with E-state index in [9.17, 15) is 4.79 Å². The summed E-state index contributed by atoms with van der Waals surface area (Å²) in [4.78, 5) is 12.4. The Hall–Kier alpha value is -3.77. The molecule has 6 nitrogen and oxygen atoms in total. The molecule has 2 heterocycles. The Bertz CT molecular complexity index is 1320. The van der Waals surface area contributed by atoms with Crippen LogP contribution in [0.25, 0.3) is 16.7 Å². The minimum atomic E-state index is -0.433. The third kappa shape index (κ3) is 4.45. The van der Waals surface area contributed by atoms with Gasteiger partial charge in [0.25, 0.3) is 0 Å². The van der Waals surface area contributed by atoms with Crippen LogP contribution in [0.4, 0.5) is 0 Å². The van der Waals surface area contributed by atoms with Crippen LogP contribution in [0.3, 0.4) is 0 Å². The molecule has 0 fully saturated rings. The second-order valence-corrected chi connectivity index (χ2v) is 7.68. The molecule has 2 aromatic heterocycles. The van der Waals surface area contributed by atoms with Gasteiger partial charge >= 0.3 is 5.91 Å². The van der Waals surface area contributed by atoms with Crippen LogP contribution >= 0.6 is 11.6 Å². The molecule has 1 amide bonds. The van der Waals surface area contributed by atoms with E-state index in [0.717, 1.165) is 33.8 Å². The number of hydrogen-bond donors (Lipinski definition) is 1. The van der Waals surface area contributed by atoms with Gasteiger partial charge in [0.2, 0.25) is 0 Å². The summed E-state index contributed by atoms with van der Waals surface area (Å²) >= 11 is 5.98. The summed E-state index contributed by atoms with van der Waals surface area (Å²) in [6.07, 6.45) is 3.33. The SMILES string of the molecule is C=CCOc1ccc(-n2c(C)cc(/C=N/NC(=O)c3cc4cc(Cl)ccc4o3)c2C)cc1. The van der Waals surface area contributed by atoms with Crippen LogP contribution in [0.5, 0.6) is 5.75 Å². The third-order valence-electron chi connectivity index (χ3n) is 5.00. The molecule has 162 valence electrons. The van der Waals surface area contributed by atoms with Gasteiger partial charge in [0, 0.05) is 33.0 Å². The molecule has 0 saturated heterocycles. The molecule has 0 aliphatic carbocycles. The first kappa shape index (κ1) is 21.5. The van der Waals surface area contributed by atoms with Crippen LogP contribution in [0.1, 0.15) is 27.5 Å². The molecular formula is C25H22ClN3O3.